The van der Waals surface area contributed by atoms with E-state index in [0.717, 1.165) is 0 Å². The van der Waals surface area contributed by atoms with E-state index in [9.17, 15) is 4.79 Å². The van der Waals surface area contributed by atoms with Gasteiger partial charge in [0.25, 0.3) is 0 Å². The van der Waals surface area contributed by atoms with Gasteiger partial charge in [0.05, 0.1) is 19.7 Å². The van der Waals surface area contributed by atoms with Crippen LogP contribution in [0.1, 0.15) is 0 Å². The molecule has 0 aliphatic carbocycles. The molecular formula is C13H16N4O4. The third kappa shape index (κ3) is 2.88. The molecule has 1 heterocycles. The topological polar surface area (TPSA) is 111 Å². The number of methoxy groups -OCH3 is 2. The number of aromatic nitrogens is 2. The van der Waals surface area contributed by atoms with E-state index in [4.69, 9.17) is 20.3 Å². The number of nitrogens with zero attached hydrogens (tertiary/aromatic N) is 3. The first-order valence-electron chi connectivity index (χ1n) is 6.08. The molecule has 2 aromatic rings. The van der Waals surface area contributed by atoms with Crippen molar-refractivity contribution in [3.05, 3.63) is 12.1 Å². The quantitative estimate of drug-likeness (QED) is 0.830. The van der Waals surface area contributed by atoms with E-state index in [-0.39, 0.29) is 18.3 Å². The number of anilines is 2. The first kappa shape index (κ1) is 14.6. The lowest BCUT2D eigenvalue weighted by Gasteiger charge is -2.16. The van der Waals surface area contributed by atoms with Crippen LogP contribution in [0.5, 0.6) is 11.5 Å². The highest BCUT2D eigenvalue weighted by atomic mass is 16.5. The molecule has 0 bridgehead atoms. The van der Waals surface area contributed by atoms with Crippen LogP contribution in [-0.4, -0.2) is 48.9 Å². The number of likely N-dealkylation sites (N-methyl/N-ethyl adjacent to an activating group) is 1. The van der Waals surface area contributed by atoms with Gasteiger partial charge >= 0.3 is 5.97 Å². The van der Waals surface area contributed by atoms with E-state index >= 15 is 0 Å². The zero-order valence-electron chi connectivity index (χ0n) is 12.0. The minimum absolute atomic E-state index is 0.224. The summed E-state index contributed by atoms with van der Waals surface area (Å²) in [6, 6.07) is 3.36. The Balaban J connectivity index is 2.56. The van der Waals surface area contributed by atoms with Gasteiger partial charge in [0.2, 0.25) is 5.95 Å². The van der Waals surface area contributed by atoms with Gasteiger partial charge in [0.15, 0.2) is 11.5 Å². The summed E-state index contributed by atoms with van der Waals surface area (Å²) < 4.78 is 10.4. The predicted octanol–water partition coefficient (Wildman–Crippen LogP) is 0.750. The molecule has 0 aliphatic heterocycles. The van der Waals surface area contributed by atoms with Crippen LogP contribution >= 0.6 is 0 Å². The normalized spacial score (nSPS) is 10.4. The summed E-state index contributed by atoms with van der Waals surface area (Å²) in [6.45, 7) is -0.224. The number of fused-ring (bicyclic) bond motifs is 1. The van der Waals surface area contributed by atoms with Crippen molar-refractivity contribution in [3.8, 4) is 11.5 Å². The summed E-state index contributed by atoms with van der Waals surface area (Å²) in [5, 5.41) is 9.42. The Morgan fingerprint density at radius 1 is 1.29 bits per heavy atom. The largest absolute Gasteiger partial charge is 0.493 e. The van der Waals surface area contributed by atoms with Crippen molar-refractivity contribution in [2.75, 3.05) is 38.4 Å². The van der Waals surface area contributed by atoms with Crippen molar-refractivity contribution >= 4 is 28.6 Å². The number of carboxylic acid groups (broad SMARTS) is 1. The van der Waals surface area contributed by atoms with Gasteiger partial charge in [-0.2, -0.15) is 4.98 Å². The lowest BCUT2D eigenvalue weighted by molar-refractivity contribution is -0.135. The van der Waals surface area contributed by atoms with E-state index in [0.29, 0.717) is 22.4 Å². The van der Waals surface area contributed by atoms with Crippen molar-refractivity contribution in [3.63, 3.8) is 0 Å². The van der Waals surface area contributed by atoms with Gasteiger partial charge in [0, 0.05) is 18.5 Å². The van der Waals surface area contributed by atoms with Gasteiger partial charge in [-0.25, -0.2) is 4.98 Å². The van der Waals surface area contributed by atoms with Gasteiger partial charge in [0.1, 0.15) is 12.4 Å². The number of carbonyl (C=O) groups is 1. The molecule has 0 saturated heterocycles. The van der Waals surface area contributed by atoms with Gasteiger partial charge in [-0.3, -0.25) is 4.79 Å². The van der Waals surface area contributed by atoms with Crippen LogP contribution in [0.4, 0.5) is 11.8 Å². The van der Waals surface area contributed by atoms with Crippen LogP contribution in [0, 0.1) is 0 Å². The van der Waals surface area contributed by atoms with Gasteiger partial charge in [-0.05, 0) is 6.07 Å². The Labute approximate surface area is 121 Å². The molecule has 8 heteroatoms. The molecule has 0 saturated carbocycles. The van der Waals surface area contributed by atoms with Crippen LogP contribution in [-0.2, 0) is 4.79 Å². The molecule has 0 amide bonds. The number of nitrogen functional groups attached to an aromatic ring is 1. The van der Waals surface area contributed by atoms with E-state index in [1.165, 1.54) is 19.1 Å². The third-order valence-electron chi connectivity index (χ3n) is 2.93. The maximum absolute atomic E-state index is 10.8. The Morgan fingerprint density at radius 2 is 1.90 bits per heavy atom. The molecule has 112 valence electrons. The Bertz CT molecular complexity index is 689. The second-order valence-electron chi connectivity index (χ2n) is 4.38. The number of hydrogen-bond donors (Lipinski definition) is 2. The zero-order chi connectivity index (χ0) is 15.6. The highest BCUT2D eigenvalue weighted by molar-refractivity contribution is 5.92. The second-order valence-corrected chi connectivity index (χ2v) is 4.38. The number of carboxylic acids is 1. The lowest BCUT2D eigenvalue weighted by atomic mass is 10.2. The van der Waals surface area contributed by atoms with E-state index in [1.54, 1.807) is 19.2 Å². The highest BCUT2D eigenvalue weighted by Crippen LogP contribution is 2.33. The molecule has 0 atom stereocenters. The zero-order valence-corrected chi connectivity index (χ0v) is 12.0. The van der Waals surface area contributed by atoms with Gasteiger partial charge < -0.3 is 25.2 Å². The molecule has 21 heavy (non-hydrogen) atoms. The van der Waals surface area contributed by atoms with E-state index in [2.05, 4.69) is 9.97 Å². The van der Waals surface area contributed by atoms with Crippen LogP contribution in [0.2, 0.25) is 0 Å². The smallest absolute Gasteiger partial charge is 0.323 e. The summed E-state index contributed by atoms with van der Waals surface area (Å²) in [4.78, 5) is 20.6. The predicted molar refractivity (Wildman–Crippen MR) is 78.0 cm³/mol. The number of benzene rings is 1. The molecule has 1 aromatic heterocycles. The van der Waals surface area contributed by atoms with E-state index in [1.807, 2.05) is 0 Å². The Hall–Kier alpha value is -2.77. The van der Waals surface area contributed by atoms with Crippen molar-refractivity contribution < 1.29 is 19.4 Å². The van der Waals surface area contributed by atoms with Crippen molar-refractivity contribution in [1.29, 1.82) is 0 Å². The maximum atomic E-state index is 10.8. The van der Waals surface area contributed by atoms with Crippen LogP contribution in [0.25, 0.3) is 10.9 Å². The average molecular weight is 292 g/mol. The van der Waals surface area contributed by atoms with Crippen LogP contribution in [0.3, 0.4) is 0 Å². The summed E-state index contributed by atoms with van der Waals surface area (Å²) >= 11 is 0. The molecule has 0 fully saturated rings. The first-order valence-corrected chi connectivity index (χ1v) is 6.08. The average Bonchev–Trinajstić information content (AvgIpc) is 2.45. The number of ether oxygens (including phenoxy) is 2. The molecule has 3 N–H and O–H groups in total. The number of aliphatic carboxylic acids is 1. The molecule has 0 aliphatic rings. The second kappa shape index (κ2) is 5.70. The Morgan fingerprint density at radius 3 is 2.48 bits per heavy atom. The third-order valence-corrected chi connectivity index (χ3v) is 2.93. The molecule has 0 spiro atoms. The molecule has 8 nitrogen and oxygen atoms in total. The fourth-order valence-corrected chi connectivity index (χ4v) is 1.91. The minimum atomic E-state index is -0.980. The molecule has 0 radical (unpaired) electrons. The van der Waals surface area contributed by atoms with Gasteiger partial charge in [-0.1, -0.05) is 0 Å². The van der Waals surface area contributed by atoms with Gasteiger partial charge in [-0.15, -0.1) is 0 Å². The minimum Gasteiger partial charge on any atom is -0.493 e. The number of nitrogens with two attached hydrogens (primary N) is 1. The molecule has 1 aromatic carbocycles. The maximum Gasteiger partial charge on any atom is 0.323 e. The van der Waals surface area contributed by atoms with Crippen molar-refractivity contribution in [1.82, 2.24) is 9.97 Å². The van der Waals surface area contributed by atoms with Crippen molar-refractivity contribution in [2.45, 2.75) is 0 Å². The Kier molecular flexibility index (Phi) is 3.97. The fourth-order valence-electron chi connectivity index (χ4n) is 1.91. The highest BCUT2D eigenvalue weighted by Gasteiger charge is 2.14. The summed E-state index contributed by atoms with van der Waals surface area (Å²) in [5.41, 5.74) is 6.47. The molecular weight excluding hydrogens is 276 g/mol. The SMILES string of the molecule is COc1cc2nc(N(C)CC(=O)O)nc(N)c2cc1OC. The van der Waals surface area contributed by atoms with Crippen molar-refractivity contribution in [2.24, 2.45) is 0 Å². The first-order chi connectivity index (χ1) is 9.96. The number of rotatable bonds is 5. The fraction of sp³-hybridized carbons (Fsp3) is 0.308. The molecule has 2 rings (SSSR count). The van der Waals surface area contributed by atoms with Crippen LogP contribution in [0.15, 0.2) is 12.1 Å². The summed E-state index contributed by atoms with van der Waals surface area (Å²) in [6.07, 6.45) is 0. The summed E-state index contributed by atoms with van der Waals surface area (Å²) in [5.74, 6) is 0.525. The monoisotopic (exact) mass is 292 g/mol. The van der Waals surface area contributed by atoms with Crippen LogP contribution < -0.4 is 20.1 Å². The van der Waals surface area contributed by atoms with E-state index < -0.39 is 5.97 Å². The molecule has 0 unspecified atom stereocenters. The summed E-state index contributed by atoms with van der Waals surface area (Å²) in [7, 11) is 4.62. The standard InChI is InChI=1S/C13H16N4O4/c1-17(6-11(18)19)13-15-8-5-10(21-3)9(20-2)4-7(8)12(14)16-13/h4-5H,6H2,1-3H3,(H,18,19)(H2,14,15,16). The lowest BCUT2D eigenvalue weighted by Crippen LogP contribution is -2.27. The number of hydrogen-bond acceptors (Lipinski definition) is 7.